The highest BCUT2D eigenvalue weighted by Gasteiger charge is 2.23. The smallest absolute Gasteiger partial charge is 0.345 e. The topological polar surface area (TPSA) is 93.1 Å². The van der Waals surface area contributed by atoms with Crippen molar-refractivity contribution in [2.75, 3.05) is 19.7 Å². The van der Waals surface area contributed by atoms with Crippen LogP contribution in [0.3, 0.4) is 0 Å². The van der Waals surface area contributed by atoms with E-state index in [1.54, 1.807) is 6.20 Å². The zero-order valence-electron chi connectivity index (χ0n) is 15.3. The van der Waals surface area contributed by atoms with Crippen LogP contribution in [0.1, 0.15) is 29.8 Å². The second-order valence-corrected chi connectivity index (χ2v) is 6.65. The maximum Gasteiger partial charge on any atom is 0.345 e. The van der Waals surface area contributed by atoms with Crippen LogP contribution in [0.2, 0.25) is 0 Å². The molecule has 1 N–H and O–H groups in total. The molecule has 3 heterocycles. The van der Waals surface area contributed by atoms with Crippen LogP contribution in [0, 0.1) is 13.8 Å². The number of carbonyl (C=O) groups excluding carboxylic acids is 1. The van der Waals surface area contributed by atoms with E-state index in [0.717, 1.165) is 17.7 Å². The second kappa shape index (κ2) is 8.27. The van der Waals surface area contributed by atoms with E-state index in [9.17, 15) is 9.59 Å². The lowest BCUT2D eigenvalue weighted by Gasteiger charge is -2.24. The van der Waals surface area contributed by atoms with Gasteiger partial charge >= 0.3 is 5.69 Å². The molecule has 2 aromatic heterocycles. The molecule has 2 aromatic rings. The summed E-state index contributed by atoms with van der Waals surface area (Å²) in [5.74, 6) is 0.103. The Labute approximate surface area is 152 Å². The van der Waals surface area contributed by atoms with Crippen LogP contribution >= 0.6 is 0 Å². The van der Waals surface area contributed by atoms with Crippen LogP contribution < -0.4 is 5.69 Å². The molecule has 8 heteroatoms. The maximum absolute atomic E-state index is 12.7. The highest BCUT2D eigenvalue weighted by molar-refractivity contribution is 5.76. The van der Waals surface area contributed by atoms with E-state index < -0.39 is 0 Å². The number of amides is 1. The normalized spacial score (nSPS) is 17.9. The molecule has 1 saturated heterocycles. The number of aromatic amines is 1. The van der Waals surface area contributed by atoms with Gasteiger partial charge in [0.2, 0.25) is 5.91 Å². The first-order chi connectivity index (χ1) is 12.5. The van der Waals surface area contributed by atoms with E-state index in [0.29, 0.717) is 44.8 Å². The minimum Gasteiger partial charge on any atom is -0.374 e. The predicted molar refractivity (Wildman–Crippen MR) is 95.8 cm³/mol. The SMILES string of the molecule is Cc1nc(=O)[nH]c(C)c1CCC(=O)N1CCCO[C@H](Cn2cccn2)C1. The number of nitrogens with zero attached hydrogens (tertiary/aromatic N) is 4. The summed E-state index contributed by atoms with van der Waals surface area (Å²) in [5.41, 5.74) is 2.07. The van der Waals surface area contributed by atoms with E-state index in [2.05, 4.69) is 15.1 Å². The van der Waals surface area contributed by atoms with E-state index >= 15 is 0 Å². The summed E-state index contributed by atoms with van der Waals surface area (Å²) in [6, 6.07) is 1.88. The molecule has 0 spiro atoms. The lowest BCUT2D eigenvalue weighted by molar-refractivity contribution is -0.132. The van der Waals surface area contributed by atoms with Crippen molar-refractivity contribution >= 4 is 5.91 Å². The molecule has 26 heavy (non-hydrogen) atoms. The Morgan fingerprint density at radius 1 is 1.42 bits per heavy atom. The van der Waals surface area contributed by atoms with E-state index in [1.807, 2.05) is 35.7 Å². The van der Waals surface area contributed by atoms with Crippen molar-refractivity contribution in [1.29, 1.82) is 0 Å². The summed E-state index contributed by atoms with van der Waals surface area (Å²) in [4.78, 5) is 32.6. The molecule has 8 nitrogen and oxygen atoms in total. The van der Waals surface area contributed by atoms with Crippen LogP contribution in [0.4, 0.5) is 0 Å². The van der Waals surface area contributed by atoms with Crippen molar-refractivity contribution in [3.8, 4) is 0 Å². The molecule has 0 radical (unpaired) electrons. The first kappa shape index (κ1) is 18.3. The number of ether oxygens (including phenoxy) is 1. The Morgan fingerprint density at radius 2 is 2.27 bits per heavy atom. The Morgan fingerprint density at radius 3 is 3.00 bits per heavy atom. The molecule has 140 valence electrons. The molecule has 0 aromatic carbocycles. The Hall–Kier alpha value is -2.48. The van der Waals surface area contributed by atoms with Gasteiger partial charge in [0.1, 0.15) is 0 Å². The highest BCUT2D eigenvalue weighted by Crippen LogP contribution is 2.13. The van der Waals surface area contributed by atoms with Crippen molar-refractivity contribution < 1.29 is 9.53 Å². The molecule has 0 bridgehead atoms. The fraction of sp³-hybridized carbons (Fsp3) is 0.556. The first-order valence-electron chi connectivity index (χ1n) is 8.96. The molecule has 1 aliphatic rings. The molecule has 0 unspecified atom stereocenters. The Bertz CT molecular complexity index is 773. The summed E-state index contributed by atoms with van der Waals surface area (Å²) >= 11 is 0. The van der Waals surface area contributed by atoms with Gasteiger partial charge < -0.3 is 14.6 Å². The number of hydrogen-bond acceptors (Lipinski definition) is 5. The number of nitrogens with one attached hydrogen (secondary N) is 1. The number of rotatable bonds is 5. The maximum atomic E-state index is 12.7. The molecule has 0 aliphatic carbocycles. The average Bonchev–Trinajstić information content (AvgIpc) is 2.97. The molecule has 0 saturated carbocycles. The van der Waals surface area contributed by atoms with Crippen LogP contribution in [0.5, 0.6) is 0 Å². The van der Waals surface area contributed by atoms with Gasteiger partial charge in [-0.05, 0) is 38.3 Å². The van der Waals surface area contributed by atoms with Crippen LogP contribution in [-0.2, 0) is 22.5 Å². The van der Waals surface area contributed by atoms with Gasteiger partial charge in [-0.15, -0.1) is 0 Å². The van der Waals surface area contributed by atoms with E-state index in [1.165, 1.54) is 0 Å². The summed E-state index contributed by atoms with van der Waals surface area (Å²) in [5, 5.41) is 4.21. The second-order valence-electron chi connectivity index (χ2n) is 6.65. The van der Waals surface area contributed by atoms with Gasteiger partial charge in [0.05, 0.1) is 12.6 Å². The van der Waals surface area contributed by atoms with Gasteiger partial charge in [0.15, 0.2) is 0 Å². The monoisotopic (exact) mass is 359 g/mol. The molecular formula is C18H25N5O3. The zero-order valence-corrected chi connectivity index (χ0v) is 15.3. The van der Waals surface area contributed by atoms with Gasteiger partial charge in [-0.1, -0.05) is 0 Å². The van der Waals surface area contributed by atoms with Crippen molar-refractivity contribution in [3.63, 3.8) is 0 Å². The molecule has 1 aliphatic heterocycles. The Kier molecular flexibility index (Phi) is 5.82. The first-order valence-corrected chi connectivity index (χ1v) is 8.96. The highest BCUT2D eigenvalue weighted by atomic mass is 16.5. The van der Waals surface area contributed by atoms with Gasteiger partial charge in [0, 0.05) is 49.9 Å². The largest absolute Gasteiger partial charge is 0.374 e. The van der Waals surface area contributed by atoms with Crippen molar-refractivity contribution in [3.05, 3.63) is 45.9 Å². The fourth-order valence-electron chi connectivity index (χ4n) is 3.36. The minimum atomic E-state index is -0.346. The standard InChI is InChI=1S/C18H25N5O3/c1-13-16(14(2)21-18(25)20-13)5-6-17(24)22-8-4-10-26-15(11-22)12-23-9-3-7-19-23/h3,7,9,15H,4-6,8,10-12H2,1-2H3,(H,20,21,25)/t15-/m0/s1. The van der Waals surface area contributed by atoms with E-state index in [-0.39, 0.29) is 17.7 Å². The lowest BCUT2D eigenvalue weighted by Crippen LogP contribution is -2.38. The molecule has 1 atom stereocenters. The van der Waals surface area contributed by atoms with Crippen molar-refractivity contribution in [1.82, 2.24) is 24.6 Å². The van der Waals surface area contributed by atoms with Gasteiger partial charge in [-0.25, -0.2) is 4.79 Å². The summed E-state index contributed by atoms with van der Waals surface area (Å²) in [7, 11) is 0. The quantitative estimate of drug-likeness (QED) is 0.854. The third kappa shape index (κ3) is 4.57. The van der Waals surface area contributed by atoms with Gasteiger partial charge in [0.25, 0.3) is 0 Å². The Balaban J connectivity index is 1.60. The number of H-pyrrole nitrogens is 1. The number of carbonyl (C=O) groups is 1. The minimum absolute atomic E-state index is 0.0560. The molecule has 1 amide bonds. The van der Waals surface area contributed by atoms with Crippen LogP contribution in [0.15, 0.2) is 23.3 Å². The third-order valence-corrected chi connectivity index (χ3v) is 4.69. The van der Waals surface area contributed by atoms with Crippen molar-refractivity contribution in [2.24, 2.45) is 0 Å². The molecular weight excluding hydrogens is 334 g/mol. The number of aromatic nitrogens is 4. The fourth-order valence-corrected chi connectivity index (χ4v) is 3.36. The molecule has 1 fully saturated rings. The van der Waals surface area contributed by atoms with Crippen LogP contribution in [0.25, 0.3) is 0 Å². The van der Waals surface area contributed by atoms with Gasteiger partial charge in [-0.3, -0.25) is 9.48 Å². The summed E-state index contributed by atoms with van der Waals surface area (Å²) < 4.78 is 7.70. The van der Waals surface area contributed by atoms with Crippen molar-refractivity contribution in [2.45, 2.75) is 45.8 Å². The number of aryl methyl sites for hydroxylation is 2. The summed E-state index contributed by atoms with van der Waals surface area (Å²) in [6.07, 6.45) is 5.38. The van der Waals surface area contributed by atoms with E-state index in [4.69, 9.17) is 4.74 Å². The van der Waals surface area contributed by atoms with Gasteiger partial charge in [-0.2, -0.15) is 10.1 Å². The zero-order chi connectivity index (χ0) is 18.5. The van der Waals surface area contributed by atoms with Crippen LogP contribution in [-0.4, -0.2) is 56.4 Å². The third-order valence-electron chi connectivity index (χ3n) is 4.69. The average molecular weight is 359 g/mol. The predicted octanol–water partition coefficient (Wildman–Crippen LogP) is 0.834. The number of hydrogen-bond donors (Lipinski definition) is 1. The lowest BCUT2D eigenvalue weighted by atomic mass is 10.1. The summed E-state index contributed by atoms with van der Waals surface area (Å²) in [6.45, 7) is 6.21. The molecule has 3 rings (SSSR count).